The number of carboxylic acid groups (broad SMARTS) is 1. The zero-order valence-electron chi connectivity index (χ0n) is 11.4. The van der Waals surface area contributed by atoms with Crippen LogP contribution in [0.2, 0.25) is 0 Å². The molecule has 6 heteroatoms. The maximum atomic E-state index is 13.0. The zero-order valence-corrected chi connectivity index (χ0v) is 11.4. The monoisotopic (exact) mass is 285 g/mol. The van der Waals surface area contributed by atoms with Crippen LogP contribution in [0.15, 0.2) is 18.2 Å². The smallest absolute Gasteiger partial charge is 0.311 e. The number of halogens is 2. The van der Waals surface area contributed by atoms with Gasteiger partial charge in [-0.3, -0.25) is 9.59 Å². The fourth-order valence-corrected chi connectivity index (χ4v) is 1.87. The quantitative estimate of drug-likeness (QED) is 0.844. The lowest BCUT2D eigenvalue weighted by atomic mass is 9.82. The number of rotatable bonds is 6. The minimum atomic E-state index is -1.12. The Kier molecular flexibility index (Phi) is 5.19. The molecule has 0 fully saturated rings. The molecule has 0 aliphatic carbocycles. The van der Waals surface area contributed by atoms with E-state index >= 15 is 0 Å². The van der Waals surface area contributed by atoms with Crippen molar-refractivity contribution in [1.29, 1.82) is 0 Å². The van der Waals surface area contributed by atoms with Gasteiger partial charge in [0, 0.05) is 12.1 Å². The average Bonchev–Trinajstić information content (AvgIpc) is 2.43. The van der Waals surface area contributed by atoms with Gasteiger partial charge < -0.3 is 10.4 Å². The molecule has 0 aromatic heterocycles. The second kappa shape index (κ2) is 6.45. The van der Waals surface area contributed by atoms with Crippen molar-refractivity contribution in [3.05, 3.63) is 35.4 Å². The minimum absolute atomic E-state index is 0.0459. The van der Waals surface area contributed by atoms with Gasteiger partial charge in [0.2, 0.25) is 0 Å². The number of carboxylic acids is 1. The second-order valence-electron chi connectivity index (χ2n) is 4.60. The first-order valence-electron chi connectivity index (χ1n) is 6.33. The first kappa shape index (κ1) is 16.1. The van der Waals surface area contributed by atoms with Crippen molar-refractivity contribution in [3.63, 3.8) is 0 Å². The van der Waals surface area contributed by atoms with Crippen molar-refractivity contribution in [1.82, 2.24) is 5.32 Å². The molecule has 0 saturated heterocycles. The van der Waals surface area contributed by atoms with Gasteiger partial charge in [-0.25, -0.2) is 8.78 Å². The molecule has 1 aromatic carbocycles. The maximum absolute atomic E-state index is 13.0. The van der Waals surface area contributed by atoms with Gasteiger partial charge in [0.05, 0.1) is 5.41 Å². The first-order chi connectivity index (χ1) is 9.36. The number of hydrogen-bond donors (Lipinski definition) is 2. The Morgan fingerprint density at radius 2 is 1.80 bits per heavy atom. The summed E-state index contributed by atoms with van der Waals surface area (Å²) in [6, 6.07) is 2.79. The molecule has 2 N–H and O–H groups in total. The number of aliphatic carboxylic acids is 1. The Morgan fingerprint density at radius 3 is 2.25 bits per heavy atom. The molecule has 0 unspecified atom stereocenters. The topological polar surface area (TPSA) is 66.4 Å². The molecule has 110 valence electrons. The van der Waals surface area contributed by atoms with Crippen molar-refractivity contribution in [3.8, 4) is 0 Å². The number of nitrogens with one attached hydrogen (secondary N) is 1. The summed E-state index contributed by atoms with van der Waals surface area (Å²) in [4.78, 5) is 23.1. The van der Waals surface area contributed by atoms with Crippen LogP contribution in [-0.4, -0.2) is 23.5 Å². The van der Waals surface area contributed by atoms with E-state index in [9.17, 15) is 23.5 Å². The lowest BCUT2D eigenvalue weighted by Crippen LogP contribution is -2.42. The van der Waals surface area contributed by atoms with Gasteiger partial charge in [-0.1, -0.05) is 13.8 Å². The highest BCUT2D eigenvalue weighted by Crippen LogP contribution is 2.25. The summed E-state index contributed by atoms with van der Waals surface area (Å²) in [5.74, 6) is -3.78. The van der Waals surface area contributed by atoms with Gasteiger partial charge in [0.1, 0.15) is 0 Å². The van der Waals surface area contributed by atoms with Crippen LogP contribution in [0, 0.1) is 17.0 Å². The Labute approximate surface area is 115 Å². The maximum Gasteiger partial charge on any atom is 0.311 e. The Balaban J connectivity index is 2.80. The predicted molar refractivity (Wildman–Crippen MR) is 69.3 cm³/mol. The number of benzene rings is 1. The molecule has 0 saturated carbocycles. The fourth-order valence-electron chi connectivity index (χ4n) is 1.87. The molecular weight excluding hydrogens is 268 g/mol. The van der Waals surface area contributed by atoms with E-state index in [0.29, 0.717) is 12.8 Å². The van der Waals surface area contributed by atoms with Gasteiger partial charge in [0.15, 0.2) is 11.6 Å². The van der Waals surface area contributed by atoms with Gasteiger partial charge in [-0.05, 0) is 31.0 Å². The van der Waals surface area contributed by atoms with E-state index in [1.54, 1.807) is 13.8 Å². The standard InChI is InChI=1S/C14H17F2NO3/c1-3-14(4-2,13(19)20)8-17-12(18)9-5-6-10(15)11(16)7-9/h5-7H,3-4,8H2,1-2H3,(H,17,18)(H,19,20). The van der Waals surface area contributed by atoms with Gasteiger partial charge in [0.25, 0.3) is 5.91 Å². The summed E-state index contributed by atoms with van der Waals surface area (Å²) in [6.45, 7) is 3.38. The van der Waals surface area contributed by atoms with Crippen molar-refractivity contribution in [2.45, 2.75) is 26.7 Å². The summed E-state index contributed by atoms with van der Waals surface area (Å²) in [5, 5.41) is 11.7. The molecule has 0 spiro atoms. The van der Waals surface area contributed by atoms with E-state index in [-0.39, 0.29) is 12.1 Å². The largest absolute Gasteiger partial charge is 0.481 e. The lowest BCUT2D eigenvalue weighted by molar-refractivity contribution is -0.149. The highest BCUT2D eigenvalue weighted by atomic mass is 19.2. The molecule has 0 aliphatic heterocycles. The summed E-state index contributed by atoms with van der Waals surface area (Å²) < 4.78 is 25.8. The van der Waals surface area contributed by atoms with Crippen molar-refractivity contribution in [2.75, 3.05) is 6.54 Å². The highest BCUT2D eigenvalue weighted by molar-refractivity contribution is 5.94. The van der Waals surface area contributed by atoms with Crippen LogP contribution in [0.3, 0.4) is 0 Å². The van der Waals surface area contributed by atoms with Crippen LogP contribution in [0.25, 0.3) is 0 Å². The summed E-state index contributed by atoms with van der Waals surface area (Å²) in [6.07, 6.45) is 0.716. The van der Waals surface area contributed by atoms with E-state index < -0.39 is 28.9 Å². The average molecular weight is 285 g/mol. The summed E-state index contributed by atoms with van der Waals surface area (Å²) in [5.41, 5.74) is -1.09. The van der Waals surface area contributed by atoms with Crippen molar-refractivity contribution in [2.24, 2.45) is 5.41 Å². The predicted octanol–water partition coefficient (Wildman–Crippen LogP) is 2.59. The molecule has 0 atom stereocenters. The SMILES string of the molecule is CCC(CC)(CNC(=O)c1ccc(F)c(F)c1)C(=O)O. The first-order valence-corrected chi connectivity index (χ1v) is 6.33. The van der Waals surface area contributed by atoms with Crippen LogP contribution in [0.5, 0.6) is 0 Å². The number of carbonyl (C=O) groups excluding carboxylic acids is 1. The molecule has 0 bridgehead atoms. The third-order valence-corrected chi connectivity index (χ3v) is 3.58. The van der Waals surface area contributed by atoms with E-state index in [0.717, 1.165) is 18.2 Å². The highest BCUT2D eigenvalue weighted by Gasteiger charge is 2.35. The minimum Gasteiger partial charge on any atom is -0.481 e. The summed E-state index contributed by atoms with van der Waals surface area (Å²) in [7, 11) is 0. The van der Waals surface area contributed by atoms with Crippen molar-refractivity contribution < 1.29 is 23.5 Å². The second-order valence-corrected chi connectivity index (χ2v) is 4.60. The molecule has 1 amide bonds. The van der Waals surface area contributed by atoms with Gasteiger partial charge >= 0.3 is 5.97 Å². The number of amides is 1. The third kappa shape index (κ3) is 3.31. The molecule has 0 aliphatic rings. The van der Waals surface area contributed by atoms with Crippen molar-refractivity contribution >= 4 is 11.9 Å². The molecule has 0 radical (unpaired) electrons. The number of hydrogen-bond acceptors (Lipinski definition) is 2. The molecule has 20 heavy (non-hydrogen) atoms. The van der Waals surface area contributed by atoms with Crippen LogP contribution >= 0.6 is 0 Å². The van der Waals surface area contributed by atoms with Crippen LogP contribution < -0.4 is 5.32 Å². The van der Waals surface area contributed by atoms with Crippen LogP contribution in [0.4, 0.5) is 8.78 Å². The zero-order chi connectivity index (χ0) is 15.3. The van der Waals surface area contributed by atoms with Crippen LogP contribution in [0.1, 0.15) is 37.0 Å². The Morgan fingerprint density at radius 1 is 1.20 bits per heavy atom. The molecule has 4 nitrogen and oxygen atoms in total. The molecule has 1 aromatic rings. The van der Waals surface area contributed by atoms with E-state index in [4.69, 9.17) is 0 Å². The fraction of sp³-hybridized carbons (Fsp3) is 0.429. The van der Waals surface area contributed by atoms with Gasteiger partial charge in [-0.2, -0.15) is 0 Å². The van der Waals surface area contributed by atoms with E-state index in [2.05, 4.69) is 5.32 Å². The molecule has 1 rings (SSSR count). The molecular formula is C14H17F2NO3. The van der Waals surface area contributed by atoms with Gasteiger partial charge in [-0.15, -0.1) is 0 Å². The van der Waals surface area contributed by atoms with Crippen LogP contribution in [-0.2, 0) is 4.79 Å². The lowest BCUT2D eigenvalue weighted by Gasteiger charge is -2.26. The normalized spacial score (nSPS) is 11.2. The third-order valence-electron chi connectivity index (χ3n) is 3.58. The summed E-state index contributed by atoms with van der Waals surface area (Å²) >= 11 is 0. The van der Waals surface area contributed by atoms with E-state index in [1.807, 2.05) is 0 Å². The molecule has 0 heterocycles. The van der Waals surface area contributed by atoms with E-state index in [1.165, 1.54) is 0 Å². The Hall–Kier alpha value is -1.98. The number of carbonyl (C=O) groups is 2. The Bertz CT molecular complexity index is 513.